The smallest absolute Gasteiger partial charge is 0.226 e. The Balaban J connectivity index is 1.93. The predicted octanol–water partition coefficient (Wildman–Crippen LogP) is 2.60. The van der Waals surface area contributed by atoms with Crippen molar-refractivity contribution in [2.24, 2.45) is 5.92 Å². The van der Waals surface area contributed by atoms with Crippen LogP contribution in [0.15, 0.2) is 24.3 Å². The topological polar surface area (TPSA) is 32.3 Å². The Morgan fingerprint density at radius 1 is 1.26 bits per heavy atom. The van der Waals surface area contributed by atoms with Crippen molar-refractivity contribution < 1.29 is 4.79 Å². The van der Waals surface area contributed by atoms with Gasteiger partial charge in [-0.2, -0.15) is 0 Å². The summed E-state index contributed by atoms with van der Waals surface area (Å²) in [7, 11) is 1.88. The summed E-state index contributed by atoms with van der Waals surface area (Å²) in [4.78, 5) is 14.1. The van der Waals surface area contributed by atoms with Gasteiger partial charge in [-0.3, -0.25) is 4.79 Å². The maximum absolute atomic E-state index is 12.3. The van der Waals surface area contributed by atoms with E-state index in [0.717, 1.165) is 38.0 Å². The Kier molecular flexibility index (Phi) is 4.97. The molecule has 0 unspecified atom stereocenters. The highest BCUT2D eigenvalue weighted by Crippen LogP contribution is 2.20. The van der Waals surface area contributed by atoms with Crippen molar-refractivity contribution >= 4 is 11.6 Å². The fourth-order valence-corrected chi connectivity index (χ4v) is 2.57. The summed E-state index contributed by atoms with van der Waals surface area (Å²) in [6.07, 6.45) is 3.95. The lowest BCUT2D eigenvalue weighted by Crippen LogP contribution is -2.33. The van der Waals surface area contributed by atoms with E-state index in [4.69, 9.17) is 0 Å². The summed E-state index contributed by atoms with van der Waals surface area (Å²) in [5.74, 6) is 0.780. The molecule has 1 aliphatic heterocycles. The average Bonchev–Trinajstić information content (AvgIpc) is 2.47. The maximum Gasteiger partial charge on any atom is 0.226 e. The van der Waals surface area contributed by atoms with Gasteiger partial charge in [0.05, 0.1) is 0 Å². The number of aryl methyl sites for hydroxylation is 1. The van der Waals surface area contributed by atoms with Gasteiger partial charge >= 0.3 is 0 Å². The van der Waals surface area contributed by atoms with E-state index in [1.54, 1.807) is 4.90 Å². The molecule has 0 radical (unpaired) electrons. The molecule has 3 heteroatoms. The predicted molar refractivity (Wildman–Crippen MR) is 79.4 cm³/mol. The molecule has 0 bridgehead atoms. The molecule has 1 aromatic rings. The summed E-state index contributed by atoms with van der Waals surface area (Å²) < 4.78 is 0. The molecular formula is C16H24N2O. The summed E-state index contributed by atoms with van der Waals surface area (Å²) in [6.45, 7) is 4.24. The largest absolute Gasteiger partial charge is 0.317 e. The average molecular weight is 260 g/mol. The van der Waals surface area contributed by atoms with Gasteiger partial charge in [0, 0.05) is 19.2 Å². The highest BCUT2D eigenvalue weighted by atomic mass is 16.2. The number of rotatable bonds is 4. The van der Waals surface area contributed by atoms with Crippen LogP contribution < -0.4 is 10.2 Å². The number of piperidine rings is 1. The fourth-order valence-electron chi connectivity index (χ4n) is 2.57. The number of carbonyl (C=O) groups excluding carboxylic acids is 1. The van der Waals surface area contributed by atoms with E-state index >= 15 is 0 Å². The number of benzene rings is 1. The third kappa shape index (κ3) is 3.80. The normalized spacial score (nSPS) is 16.3. The molecule has 0 aromatic heterocycles. The first-order chi connectivity index (χ1) is 9.20. The third-order valence-corrected chi connectivity index (χ3v) is 4.03. The van der Waals surface area contributed by atoms with Crippen LogP contribution in [0.5, 0.6) is 0 Å². The maximum atomic E-state index is 12.3. The Labute approximate surface area is 116 Å². The number of nitrogens with one attached hydrogen (secondary N) is 1. The second kappa shape index (κ2) is 6.71. The van der Waals surface area contributed by atoms with Crippen molar-refractivity contribution in [3.63, 3.8) is 0 Å². The van der Waals surface area contributed by atoms with Gasteiger partial charge in [0.2, 0.25) is 5.91 Å². The lowest BCUT2D eigenvalue weighted by molar-refractivity contribution is -0.119. The zero-order chi connectivity index (χ0) is 13.7. The van der Waals surface area contributed by atoms with E-state index < -0.39 is 0 Å². The van der Waals surface area contributed by atoms with Crippen LogP contribution in [0.3, 0.4) is 0 Å². The monoisotopic (exact) mass is 260 g/mol. The Hall–Kier alpha value is -1.35. The van der Waals surface area contributed by atoms with Crippen molar-refractivity contribution in [3.05, 3.63) is 29.8 Å². The second-order valence-corrected chi connectivity index (χ2v) is 5.37. The molecule has 1 saturated heterocycles. The number of carbonyl (C=O) groups is 1. The fraction of sp³-hybridized carbons (Fsp3) is 0.562. The van der Waals surface area contributed by atoms with E-state index in [1.807, 2.05) is 19.2 Å². The van der Waals surface area contributed by atoms with Crippen LogP contribution >= 0.6 is 0 Å². The Morgan fingerprint density at radius 3 is 2.47 bits per heavy atom. The van der Waals surface area contributed by atoms with Crippen LogP contribution in [0.1, 0.15) is 31.7 Å². The van der Waals surface area contributed by atoms with E-state index in [-0.39, 0.29) is 5.91 Å². The lowest BCUT2D eigenvalue weighted by Gasteiger charge is -2.25. The van der Waals surface area contributed by atoms with Crippen LogP contribution in [-0.2, 0) is 11.2 Å². The molecule has 1 aromatic carbocycles. The number of nitrogens with zero attached hydrogens (tertiary/aromatic N) is 1. The van der Waals surface area contributed by atoms with Crippen molar-refractivity contribution in [2.45, 2.75) is 32.6 Å². The number of hydrogen-bond acceptors (Lipinski definition) is 2. The van der Waals surface area contributed by atoms with E-state index in [2.05, 4.69) is 24.4 Å². The van der Waals surface area contributed by atoms with Gasteiger partial charge in [0.15, 0.2) is 0 Å². The highest BCUT2D eigenvalue weighted by Gasteiger charge is 2.19. The van der Waals surface area contributed by atoms with Gasteiger partial charge < -0.3 is 10.2 Å². The van der Waals surface area contributed by atoms with Gasteiger partial charge in [0.25, 0.3) is 0 Å². The summed E-state index contributed by atoms with van der Waals surface area (Å²) in [5.41, 5.74) is 2.30. The number of amides is 1. The molecule has 19 heavy (non-hydrogen) atoms. The van der Waals surface area contributed by atoms with Crippen LogP contribution in [0.25, 0.3) is 0 Å². The number of anilines is 1. The van der Waals surface area contributed by atoms with E-state index in [1.165, 1.54) is 5.56 Å². The molecule has 1 heterocycles. The molecule has 0 aliphatic carbocycles. The van der Waals surface area contributed by atoms with Gasteiger partial charge in [-0.25, -0.2) is 0 Å². The molecule has 3 nitrogen and oxygen atoms in total. The Bertz CT molecular complexity index is 407. The van der Waals surface area contributed by atoms with Crippen molar-refractivity contribution in [1.82, 2.24) is 5.32 Å². The van der Waals surface area contributed by atoms with Crippen LogP contribution in [0.4, 0.5) is 5.69 Å². The SMILES string of the molecule is CCc1ccc(N(C)C(=O)CC2CCNCC2)cc1. The molecule has 1 N–H and O–H groups in total. The van der Waals surface area contributed by atoms with Crippen LogP contribution in [0.2, 0.25) is 0 Å². The number of hydrogen-bond donors (Lipinski definition) is 1. The van der Waals surface area contributed by atoms with Crippen molar-refractivity contribution in [1.29, 1.82) is 0 Å². The van der Waals surface area contributed by atoms with Crippen molar-refractivity contribution in [3.8, 4) is 0 Å². The molecule has 1 amide bonds. The minimum atomic E-state index is 0.233. The summed E-state index contributed by atoms with van der Waals surface area (Å²) in [6, 6.07) is 8.28. The highest BCUT2D eigenvalue weighted by molar-refractivity contribution is 5.92. The third-order valence-electron chi connectivity index (χ3n) is 4.03. The molecule has 0 spiro atoms. The molecule has 0 atom stereocenters. The molecule has 0 saturated carbocycles. The second-order valence-electron chi connectivity index (χ2n) is 5.37. The van der Waals surface area contributed by atoms with Crippen molar-refractivity contribution in [2.75, 3.05) is 25.0 Å². The van der Waals surface area contributed by atoms with Gasteiger partial charge in [-0.1, -0.05) is 19.1 Å². The minimum Gasteiger partial charge on any atom is -0.317 e. The van der Waals surface area contributed by atoms with Gasteiger partial charge in [-0.15, -0.1) is 0 Å². The van der Waals surface area contributed by atoms with Gasteiger partial charge in [-0.05, 0) is 56.0 Å². The summed E-state index contributed by atoms with van der Waals surface area (Å²) in [5, 5.41) is 3.34. The molecule has 1 fully saturated rings. The molecular weight excluding hydrogens is 236 g/mol. The molecule has 104 valence electrons. The minimum absolute atomic E-state index is 0.233. The standard InChI is InChI=1S/C16H24N2O/c1-3-13-4-6-15(7-5-13)18(2)16(19)12-14-8-10-17-11-9-14/h4-7,14,17H,3,8-12H2,1-2H3. The first-order valence-corrected chi connectivity index (χ1v) is 7.27. The molecule has 1 aliphatic rings. The van der Waals surface area contributed by atoms with E-state index in [9.17, 15) is 4.79 Å². The van der Waals surface area contributed by atoms with Crippen LogP contribution in [-0.4, -0.2) is 26.0 Å². The van der Waals surface area contributed by atoms with Crippen LogP contribution in [0, 0.1) is 5.92 Å². The van der Waals surface area contributed by atoms with Gasteiger partial charge in [0.1, 0.15) is 0 Å². The quantitative estimate of drug-likeness (QED) is 0.902. The first kappa shape index (κ1) is 14.1. The Morgan fingerprint density at radius 2 is 1.89 bits per heavy atom. The lowest BCUT2D eigenvalue weighted by atomic mass is 9.94. The van der Waals surface area contributed by atoms with E-state index in [0.29, 0.717) is 12.3 Å². The first-order valence-electron chi connectivity index (χ1n) is 7.27. The zero-order valence-corrected chi connectivity index (χ0v) is 12.0. The molecule has 2 rings (SSSR count). The summed E-state index contributed by atoms with van der Waals surface area (Å²) >= 11 is 0. The zero-order valence-electron chi connectivity index (χ0n) is 12.0.